The summed E-state index contributed by atoms with van der Waals surface area (Å²) in [7, 11) is 0. The summed E-state index contributed by atoms with van der Waals surface area (Å²) in [6.07, 6.45) is 5.33. The molecule has 7 rings (SSSR count). The second kappa shape index (κ2) is 4.05. The number of amides is 1. The van der Waals surface area contributed by atoms with E-state index in [4.69, 9.17) is 11.6 Å². The van der Waals surface area contributed by atoms with Crippen molar-refractivity contribution in [2.75, 3.05) is 5.43 Å². The number of para-hydroxylation sites is 1. The van der Waals surface area contributed by atoms with Gasteiger partial charge in [-0.15, -0.1) is 0 Å². The van der Waals surface area contributed by atoms with Crippen LogP contribution in [-0.4, -0.2) is 5.91 Å². The Labute approximate surface area is 141 Å². The van der Waals surface area contributed by atoms with Crippen molar-refractivity contribution < 1.29 is 4.79 Å². The molecule has 6 unspecified atom stereocenters. The van der Waals surface area contributed by atoms with Gasteiger partial charge in [0.15, 0.2) is 0 Å². The highest BCUT2D eigenvalue weighted by molar-refractivity contribution is 6.33. The summed E-state index contributed by atoms with van der Waals surface area (Å²) in [6, 6.07) is 7.58. The summed E-state index contributed by atoms with van der Waals surface area (Å²) in [4.78, 5) is 13.3. The number of hydrogen-bond acceptors (Lipinski definition) is 2. The molecule has 0 saturated heterocycles. The highest BCUT2D eigenvalue weighted by atomic mass is 35.5. The molecular formula is C19H21ClN2O. The van der Waals surface area contributed by atoms with Gasteiger partial charge in [0.25, 0.3) is 0 Å². The van der Waals surface area contributed by atoms with Crippen LogP contribution in [0.2, 0.25) is 5.02 Å². The zero-order chi connectivity index (χ0) is 15.3. The summed E-state index contributed by atoms with van der Waals surface area (Å²) in [6.45, 7) is 0. The third kappa shape index (κ3) is 1.24. The second-order valence-corrected chi connectivity index (χ2v) is 8.78. The lowest BCUT2D eigenvalue weighted by Gasteiger charge is -2.45. The van der Waals surface area contributed by atoms with Crippen LogP contribution in [0, 0.1) is 46.8 Å². The highest BCUT2D eigenvalue weighted by Gasteiger charge is 2.86. The van der Waals surface area contributed by atoms with Crippen molar-refractivity contribution >= 4 is 23.2 Å². The van der Waals surface area contributed by atoms with E-state index < -0.39 is 0 Å². The predicted molar refractivity (Wildman–Crippen MR) is 88.5 cm³/mol. The largest absolute Gasteiger partial charge is 0.297 e. The standard InChI is InChI=1S/C19H21ClN2O/c20-13-3-1-2-4-14(13)21-22-18(23)19-11-7-5-9-15(11)16-10(17(9)19)6-8-12(16)19/h1-4,9-12,15-17,21H,5-8H2,(H,22,23). The highest BCUT2D eigenvalue weighted by Crippen LogP contribution is 2.87. The molecule has 1 aromatic rings. The van der Waals surface area contributed by atoms with Crippen LogP contribution >= 0.6 is 11.6 Å². The Kier molecular flexibility index (Phi) is 2.31. The molecular weight excluding hydrogens is 308 g/mol. The Morgan fingerprint density at radius 3 is 2.35 bits per heavy atom. The van der Waals surface area contributed by atoms with Crippen LogP contribution in [0.1, 0.15) is 25.7 Å². The number of anilines is 1. The second-order valence-electron chi connectivity index (χ2n) is 8.37. The van der Waals surface area contributed by atoms with Crippen LogP contribution in [0.3, 0.4) is 0 Å². The third-order valence-electron chi connectivity index (χ3n) is 8.26. The van der Waals surface area contributed by atoms with E-state index in [9.17, 15) is 4.79 Å². The van der Waals surface area contributed by atoms with E-state index in [1.807, 2.05) is 24.3 Å². The zero-order valence-corrected chi connectivity index (χ0v) is 13.7. The monoisotopic (exact) mass is 328 g/mol. The minimum absolute atomic E-state index is 0.0462. The van der Waals surface area contributed by atoms with Gasteiger partial charge in [0, 0.05) is 0 Å². The molecule has 0 spiro atoms. The van der Waals surface area contributed by atoms with Crippen molar-refractivity contribution in [2.24, 2.45) is 46.8 Å². The molecule has 8 bridgehead atoms. The first-order chi connectivity index (χ1) is 11.2. The fraction of sp³-hybridized carbons (Fsp3) is 0.632. The Hall–Kier alpha value is -1.22. The van der Waals surface area contributed by atoms with Crippen molar-refractivity contribution in [3.8, 4) is 0 Å². The number of hydrogen-bond donors (Lipinski definition) is 2. The van der Waals surface area contributed by atoms with E-state index in [0.717, 1.165) is 29.4 Å². The van der Waals surface area contributed by atoms with E-state index in [1.54, 1.807) is 0 Å². The SMILES string of the molecule is O=C(NNc1ccccc1Cl)C12C3CCC4C3C3C(CCC31)C42. The first-order valence-corrected chi connectivity index (χ1v) is 9.43. The Bertz CT molecular complexity index is 693. The molecule has 0 heterocycles. The van der Waals surface area contributed by atoms with Crippen molar-refractivity contribution in [1.29, 1.82) is 0 Å². The molecule has 120 valence electrons. The minimum atomic E-state index is -0.0462. The fourth-order valence-electron chi connectivity index (χ4n) is 8.25. The number of halogens is 1. The number of hydrazine groups is 1. The van der Waals surface area contributed by atoms with Gasteiger partial charge in [-0.25, -0.2) is 0 Å². The number of carbonyl (C=O) groups is 1. The summed E-state index contributed by atoms with van der Waals surface area (Å²) in [5.74, 6) is 5.74. The molecule has 0 aromatic heterocycles. The summed E-state index contributed by atoms with van der Waals surface area (Å²) in [5.41, 5.74) is 6.89. The maximum atomic E-state index is 13.3. The van der Waals surface area contributed by atoms with Gasteiger partial charge in [-0.2, -0.15) is 0 Å². The van der Waals surface area contributed by atoms with Gasteiger partial charge in [-0.1, -0.05) is 23.7 Å². The van der Waals surface area contributed by atoms with E-state index >= 15 is 0 Å². The third-order valence-corrected chi connectivity index (χ3v) is 8.59. The molecule has 23 heavy (non-hydrogen) atoms. The maximum Gasteiger partial charge on any atom is 0.245 e. The van der Waals surface area contributed by atoms with Gasteiger partial charge < -0.3 is 0 Å². The van der Waals surface area contributed by atoms with Crippen molar-refractivity contribution in [1.82, 2.24) is 5.43 Å². The molecule has 6 saturated carbocycles. The molecule has 4 heteroatoms. The van der Waals surface area contributed by atoms with Gasteiger partial charge in [0.2, 0.25) is 5.91 Å². The lowest BCUT2D eigenvalue weighted by Crippen LogP contribution is -2.53. The quantitative estimate of drug-likeness (QED) is 0.830. The molecule has 0 aliphatic heterocycles. The summed E-state index contributed by atoms with van der Waals surface area (Å²) < 4.78 is 0. The molecule has 6 aliphatic carbocycles. The molecule has 1 amide bonds. The normalized spacial score (nSPS) is 50.0. The van der Waals surface area contributed by atoms with Crippen LogP contribution in [0.5, 0.6) is 0 Å². The molecule has 0 radical (unpaired) electrons. The molecule has 6 aliphatic rings. The molecule has 6 fully saturated rings. The van der Waals surface area contributed by atoms with E-state index in [1.165, 1.54) is 25.7 Å². The molecule has 2 N–H and O–H groups in total. The van der Waals surface area contributed by atoms with Crippen molar-refractivity contribution in [3.63, 3.8) is 0 Å². The van der Waals surface area contributed by atoms with Crippen LogP contribution < -0.4 is 10.9 Å². The van der Waals surface area contributed by atoms with Crippen LogP contribution in [0.15, 0.2) is 24.3 Å². The lowest BCUT2D eigenvalue weighted by molar-refractivity contribution is -0.141. The summed E-state index contributed by atoms with van der Waals surface area (Å²) in [5, 5.41) is 0.647. The maximum absolute atomic E-state index is 13.3. The number of nitrogens with one attached hydrogen (secondary N) is 2. The topological polar surface area (TPSA) is 41.1 Å². The molecule has 3 nitrogen and oxygen atoms in total. The Balaban J connectivity index is 1.32. The predicted octanol–water partition coefficient (Wildman–Crippen LogP) is 3.71. The van der Waals surface area contributed by atoms with Gasteiger partial charge in [-0.05, 0) is 79.2 Å². The lowest BCUT2D eigenvalue weighted by atomic mass is 9.59. The molecule has 6 atom stereocenters. The average Bonchev–Trinajstić information content (AvgIpc) is 3.33. The number of carbonyl (C=O) groups excluding carboxylic acids is 1. The molecule has 1 aromatic carbocycles. The van der Waals surface area contributed by atoms with E-state index in [-0.39, 0.29) is 11.3 Å². The smallest absolute Gasteiger partial charge is 0.245 e. The van der Waals surface area contributed by atoms with Crippen LogP contribution in [0.25, 0.3) is 0 Å². The zero-order valence-electron chi connectivity index (χ0n) is 13.0. The van der Waals surface area contributed by atoms with Crippen molar-refractivity contribution in [3.05, 3.63) is 29.3 Å². The van der Waals surface area contributed by atoms with Crippen LogP contribution in [0.4, 0.5) is 5.69 Å². The number of benzene rings is 1. The van der Waals surface area contributed by atoms with Gasteiger partial charge in [0.1, 0.15) is 0 Å². The first kappa shape index (κ1) is 13.1. The Morgan fingerprint density at radius 2 is 1.70 bits per heavy atom. The van der Waals surface area contributed by atoms with E-state index in [0.29, 0.717) is 22.8 Å². The van der Waals surface area contributed by atoms with Gasteiger partial charge in [0.05, 0.1) is 16.1 Å². The fourth-order valence-corrected chi connectivity index (χ4v) is 8.43. The minimum Gasteiger partial charge on any atom is -0.297 e. The van der Waals surface area contributed by atoms with E-state index in [2.05, 4.69) is 10.9 Å². The number of rotatable bonds is 3. The summed E-state index contributed by atoms with van der Waals surface area (Å²) >= 11 is 6.19. The van der Waals surface area contributed by atoms with Gasteiger partial charge in [-0.3, -0.25) is 15.6 Å². The van der Waals surface area contributed by atoms with Crippen LogP contribution in [-0.2, 0) is 4.79 Å². The van der Waals surface area contributed by atoms with Gasteiger partial charge >= 0.3 is 0 Å². The Morgan fingerprint density at radius 1 is 1.04 bits per heavy atom. The van der Waals surface area contributed by atoms with Crippen molar-refractivity contribution in [2.45, 2.75) is 25.7 Å². The average molecular weight is 329 g/mol. The first-order valence-electron chi connectivity index (χ1n) is 9.05.